The molecule has 0 atom stereocenters. The van der Waals surface area contributed by atoms with Gasteiger partial charge in [0.2, 0.25) is 10.0 Å². The third-order valence-corrected chi connectivity index (χ3v) is 5.16. The van der Waals surface area contributed by atoms with Crippen LogP contribution >= 0.6 is 0 Å². The smallest absolute Gasteiger partial charge is 0.312 e. The molecule has 2 rings (SSSR count). The van der Waals surface area contributed by atoms with Gasteiger partial charge in [0.15, 0.2) is 5.75 Å². The summed E-state index contributed by atoms with van der Waals surface area (Å²) < 4.78 is 26.4. The second-order valence-electron chi connectivity index (χ2n) is 5.56. The lowest BCUT2D eigenvalue weighted by Crippen LogP contribution is -2.58. The Labute approximate surface area is 122 Å². The van der Waals surface area contributed by atoms with Crippen molar-refractivity contribution in [3.8, 4) is 5.75 Å². The van der Waals surface area contributed by atoms with Crippen molar-refractivity contribution < 1.29 is 18.4 Å². The van der Waals surface area contributed by atoms with Crippen molar-refractivity contribution in [2.75, 3.05) is 19.6 Å². The van der Waals surface area contributed by atoms with Gasteiger partial charge in [0.1, 0.15) is 0 Å². The van der Waals surface area contributed by atoms with E-state index in [1.165, 1.54) is 10.4 Å². The fraction of sp³-hybridized carbons (Fsp3) is 0.500. The van der Waals surface area contributed by atoms with E-state index in [1.54, 1.807) is 0 Å². The van der Waals surface area contributed by atoms with Crippen molar-refractivity contribution in [2.24, 2.45) is 0 Å². The zero-order valence-corrected chi connectivity index (χ0v) is 12.6. The Balaban J connectivity index is 2.40. The molecule has 1 aromatic carbocycles. The number of sulfonamides is 1. The first-order valence-electron chi connectivity index (χ1n) is 6.36. The van der Waals surface area contributed by atoms with E-state index in [-0.39, 0.29) is 17.0 Å². The third-order valence-electron chi connectivity index (χ3n) is 3.32. The summed E-state index contributed by atoms with van der Waals surface area (Å²) in [6.45, 7) is 4.83. The molecular formula is C12H17N3O5S. The second kappa shape index (κ2) is 5.24. The van der Waals surface area contributed by atoms with E-state index in [0.717, 1.165) is 12.1 Å². The van der Waals surface area contributed by atoms with Gasteiger partial charge in [-0.2, -0.15) is 4.31 Å². The largest absolute Gasteiger partial charge is 0.502 e. The number of rotatable bonds is 3. The number of nitrogens with one attached hydrogen (secondary N) is 1. The van der Waals surface area contributed by atoms with Gasteiger partial charge in [-0.05, 0) is 26.0 Å². The first-order valence-corrected chi connectivity index (χ1v) is 7.80. The zero-order valence-electron chi connectivity index (χ0n) is 11.7. The topological polar surface area (TPSA) is 113 Å². The van der Waals surface area contributed by atoms with E-state index in [0.29, 0.717) is 13.1 Å². The maximum Gasteiger partial charge on any atom is 0.312 e. The van der Waals surface area contributed by atoms with Crippen molar-refractivity contribution in [3.05, 3.63) is 28.3 Å². The van der Waals surface area contributed by atoms with Gasteiger partial charge in [0.25, 0.3) is 0 Å². The molecule has 1 aromatic rings. The number of nitrogens with zero attached hydrogens (tertiary/aromatic N) is 2. The van der Waals surface area contributed by atoms with Gasteiger partial charge in [0, 0.05) is 31.2 Å². The van der Waals surface area contributed by atoms with Crippen LogP contribution in [0, 0.1) is 10.1 Å². The summed E-state index contributed by atoms with van der Waals surface area (Å²) in [7, 11) is -3.83. The van der Waals surface area contributed by atoms with E-state index < -0.39 is 26.4 Å². The molecule has 1 aliphatic heterocycles. The van der Waals surface area contributed by atoms with E-state index in [2.05, 4.69) is 5.32 Å². The second-order valence-corrected chi connectivity index (χ2v) is 7.49. The summed E-state index contributed by atoms with van der Waals surface area (Å²) in [5.41, 5.74) is -0.987. The molecule has 0 amide bonds. The molecule has 1 saturated heterocycles. The number of phenolic OH excluding ortho intramolecular Hbond substituents is 1. The number of nitro benzene ring substituents is 1. The Bertz CT molecular complexity index is 671. The number of aromatic hydroxyl groups is 1. The van der Waals surface area contributed by atoms with Crippen LogP contribution in [0.4, 0.5) is 5.69 Å². The molecule has 0 bridgehead atoms. The number of hydrogen-bond donors (Lipinski definition) is 2. The van der Waals surface area contributed by atoms with E-state index >= 15 is 0 Å². The Morgan fingerprint density at radius 1 is 1.43 bits per heavy atom. The quantitative estimate of drug-likeness (QED) is 0.626. The molecule has 1 aliphatic rings. The van der Waals surface area contributed by atoms with Crippen molar-refractivity contribution in [3.63, 3.8) is 0 Å². The summed E-state index contributed by atoms with van der Waals surface area (Å²) in [5, 5.41) is 23.4. The van der Waals surface area contributed by atoms with Gasteiger partial charge < -0.3 is 10.4 Å². The van der Waals surface area contributed by atoms with Gasteiger partial charge in [-0.3, -0.25) is 10.1 Å². The monoisotopic (exact) mass is 315 g/mol. The number of phenols is 1. The SMILES string of the molecule is CC1(C)CN(S(=O)(=O)c2ccc(O)c([N+](=O)[O-])c2)CCN1. The molecule has 8 nitrogen and oxygen atoms in total. The predicted octanol–water partition coefficient (Wildman–Crippen LogP) is 0.673. The minimum absolute atomic E-state index is 0.190. The molecule has 0 aromatic heterocycles. The fourth-order valence-corrected chi connectivity index (χ4v) is 3.88. The molecule has 0 spiro atoms. The average molecular weight is 315 g/mol. The first-order chi connectivity index (χ1) is 9.63. The van der Waals surface area contributed by atoms with Crippen LogP contribution in [-0.4, -0.2) is 47.9 Å². The van der Waals surface area contributed by atoms with Crippen LogP contribution in [0.1, 0.15) is 13.8 Å². The fourth-order valence-electron chi connectivity index (χ4n) is 2.26. The Hall–Kier alpha value is -1.71. The summed E-state index contributed by atoms with van der Waals surface area (Å²) in [6, 6.07) is 3.09. The van der Waals surface area contributed by atoms with Crippen LogP contribution in [0.3, 0.4) is 0 Å². The molecule has 21 heavy (non-hydrogen) atoms. The molecule has 0 radical (unpaired) electrons. The molecule has 1 heterocycles. The molecule has 2 N–H and O–H groups in total. The number of benzene rings is 1. The normalized spacial score (nSPS) is 19.3. The highest BCUT2D eigenvalue weighted by Gasteiger charge is 2.34. The highest BCUT2D eigenvalue weighted by atomic mass is 32.2. The number of hydrogen-bond acceptors (Lipinski definition) is 6. The van der Waals surface area contributed by atoms with Gasteiger partial charge in [-0.15, -0.1) is 0 Å². The van der Waals surface area contributed by atoms with Gasteiger partial charge >= 0.3 is 5.69 Å². The molecule has 0 saturated carbocycles. The summed E-state index contributed by atoms with van der Waals surface area (Å²) in [5.74, 6) is -0.556. The number of nitro groups is 1. The van der Waals surface area contributed by atoms with E-state index in [9.17, 15) is 23.6 Å². The Morgan fingerprint density at radius 2 is 2.10 bits per heavy atom. The van der Waals surface area contributed by atoms with Crippen molar-refractivity contribution in [1.29, 1.82) is 0 Å². The molecular weight excluding hydrogens is 298 g/mol. The average Bonchev–Trinajstić information content (AvgIpc) is 2.37. The van der Waals surface area contributed by atoms with Gasteiger partial charge in [0.05, 0.1) is 9.82 Å². The lowest BCUT2D eigenvalue weighted by atomic mass is 10.0. The van der Waals surface area contributed by atoms with Crippen LogP contribution in [0.25, 0.3) is 0 Å². The van der Waals surface area contributed by atoms with Crippen molar-refractivity contribution in [1.82, 2.24) is 9.62 Å². The Morgan fingerprint density at radius 3 is 2.67 bits per heavy atom. The summed E-state index contributed by atoms with van der Waals surface area (Å²) in [4.78, 5) is 9.81. The molecule has 1 fully saturated rings. The Kier molecular flexibility index (Phi) is 3.91. The summed E-state index contributed by atoms with van der Waals surface area (Å²) in [6.07, 6.45) is 0. The van der Waals surface area contributed by atoms with Gasteiger partial charge in [-0.25, -0.2) is 8.42 Å². The first kappa shape index (κ1) is 15.7. The molecule has 0 unspecified atom stereocenters. The van der Waals surface area contributed by atoms with E-state index in [4.69, 9.17) is 0 Å². The molecule has 116 valence electrons. The zero-order chi connectivity index (χ0) is 15.8. The van der Waals surface area contributed by atoms with Gasteiger partial charge in [-0.1, -0.05) is 0 Å². The number of piperazine rings is 1. The maximum atomic E-state index is 12.6. The molecule has 0 aliphatic carbocycles. The highest BCUT2D eigenvalue weighted by molar-refractivity contribution is 7.89. The van der Waals surface area contributed by atoms with Crippen LogP contribution in [0.2, 0.25) is 0 Å². The maximum absolute atomic E-state index is 12.6. The third kappa shape index (κ3) is 3.14. The van der Waals surface area contributed by atoms with Crippen LogP contribution in [-0.2, 0) is 10.0 Å². The van der Waals surface area contributed by atoms with Crippen molar-refractivity contribution in [2.45, 2.75) is 24.3 Å². The highest BCUT2D eigenvalue weighted by Crippen LogP contribution is 2.30. The predicted molar refractivity (Wildman–Crippen MR) is 75.6 cm³/mol. The standard InChI is InChI=1S/C12H17N3O5S/c1-12(2)8-14(6-5-13-12)21(19,20)9-3-4-11(16)10(7-9)15(17)18/h3-4,7,13,16H,5-6,8H2,1-2H3. The minimum atomic E-state index is -3.83. The van der Waals surface area contributed by atoms with Crippen LogP contribution in [0.5, 0.6) is 5.75 Å². The van der Waals surface area contributed by atoms with Crippen LogP contribution in [0.15, 0.2) is 23.1 Å². The lowest BCUT2D eigenvalue weighted by Gasteiger charge is -2.38. The van der Waals surface area contributed by atoms with E-state index in [1.807, 2.05) is 13.8 Å². The molecule has 9 heteroatoms. The minimum Gasteiger partial charge on any atom is -0.502 e. The van der Waals surface area contributed by atoms with Crippen LogP contribution < -0.4 is 5.32 Å². The lowest BCUT2D eigenvalue weighted by molar-refractivity contribution is -0.386. The van der Waals surface area contributed by atoms with Crippen molar-refractivity contribution >= 4 is 15.7 Å². The summed E-state index contributed by atoms with van der Waals surface area (Å²) >= 11 is 0.